The van der Waals surface area contributed by atoms with Gasteiger partial charge in [0.05, 0.1) is 0 Å². The Morgan fingerprint density at radius 3 is 2.56 bits per heavy atom. The van der Waals surface area contributed by atoms with E-state index in [4.69, 9.17) is 0 Å². The van der Waals surface area contributed by atoms with E-state index in [1.165, 1.54) is 12.3 Å². The predicted octanol–water partition coefficient (Wildman–Crippen LogP) is 3.05. The molecule has 2 rings (SSSR count). The molecule has 25 heavy (non-hydrogen) atoms. The summed E-state index contributed by atoms with van der Waals surface area (Å²) in [7, 11) is 1.80. The van der Waals surface area contributed by atoms with Crippen LogP contribution in [-0.2, 0) is 11.2 Å². The fourth-order valence-corrected chi connectivity index (χ4v) is 3.00. The maximum absolute atomic E-state index is 12.4. The standard InChI is InChI=1S/C17H25F3N4O/c1-16(2,3)24-11-12(9-14(24)25)10-23(4)15-21-8-6-13(22-15)5-7-17(18,19)20/h6,8,12H,5,7,9-11H2,1-4H3/t12-/m1/s1. The summed E-state index contributed by atoms with van der Waals surface area (Å²) in [4.78, 5) is 24.2. The molecule has 2 heterocycles. The van der Waals surface area contributed by atoms with Crippen LogP contribution < -0.4 is 4.90 Å². The fourth-order valence-electron chi connectivity index (χ4n) is 3.00. The van der Waals surface area contributed by atoms with Gasteiger partial charge in [0.25, 0.3) is 0 Å². The summed E-state index contributed by atoms with van der Waals surface area (Å²) in [6, 6.07) is 1.50. The van der Waals surface area contributed by atoms with E-state index in [1.807, 2.05) is 25.7 Å². The number of nitrogens with zero attached hydrogens (tertiary/aromatic N) is 4. The number of anilines is 1. The van der Waals surface area contributed by atoms with Gasteiger partial charge in [0.1, 0.15) is 0 Å². The molecular weight excluding hydrogens is 333 g/mol. The van der Waals surface area contributed by atoms with Crippen LogP contribution in [0.25, 0.3) is 0 Å². The molecular formula is C17H25F3N4O. The molecule has 1 saturated heterocycles. The number of hydrogen-bond donors (Lipinski definition) is 0. The predicted molar refractivity (Wildman–Crippen MR) is 89.3 cm³/mol. The molecule has 0 aromatic carbocycles. The molecule has 0 aliphatic carbocycles. The third kappa shape index (κ3) is 5.57. The average molecular weight is 358 g/mol. The largest absolute Gasteiger partial charge is 0.389 e. The summed E-state index contributed by atoms with van der Waals surface area (Å²) in [5, 5.41) is 0. The molecule has 0 N–H and O–H groups in total. The Morgan fingerprint density at radius 1 is 1.32 bits per heavy atom. The second kappa shape index (κ2) is 7.17. The van der Waals surface area contributed by atoms with Crippen LogP contribution in [0.3, 0.4) is 0 Å². The quantitative estimate of drug-likeness (QED) is 0.812. The van der Waals surface area contributed by atoms with Gasteiger partial charge in [-0.25, -0.2) is 9.97 Å². The van der Waals surface area contributed by atoms with Crippen LogP contribution in [0.4, 0.5) is 19.1 Å². The van der Waals surface area contributed by atoms with E-state index in [0.29, 0.717) is 31.2 Å². The highest BCUT2D eigenvalue weighted by Gasteiger charge is 2.36. The molecule has 0 unspecified atom stereocenters. The second-order valence-corrected chi connectivity index (χ2v) is 7.59. The van der Waals surface area contributed by atoms with Crippen molar-refractivity contribution in [3.63, 3.8) is 0 Å². The molecule has 5 nitrogen and oxygen atoms in total. The number of halogens is 3. The normalized spacial score (nSPS) is 18.8. The number of carbonyl (C=O) groups excluding carboxylic acids is 1. The van der Waals surface area contributed by atoms with E-state index in [1.54, 1.807) is 11.9 Å². The van der Waals surface area contributed by atoms with Crippen LogP contribution in [0.1, 0.15) is 39.3 Å². The van der Waals surface area contributed by atoms with E-state index < -0.39 is 12.6 Å². The van der Waals surface area contributed by atoms with Crippen molar-refractivity contribution in [1.82, 2.24) is 14.9 Å². The smallest absolute Gasteiger partial charge is 0.344 e. The molecule has 0 bridgehead atoms. The average Bonchev–Trinajstić information content (AvgIpc) is 2.85. The summed E-state index contributed by atoms with van der Waals surface area (Å²) in [6.45, 7) is 7.26. The number of alkyl halides is 3. The van der Waals surface area contributed by atoms with Crippen molar-refractivity contribution in [2.24, 2.45) is 5.92 Å². The van der Waals surface area contributed by atoms with Crippen molar-refractivity contribution in [3.05, 3.63) is 18.0 Å². The van der Waals surface area contributed by atoms with Gasteiger partial charge in [0.15, 0.2) is 0 Å². The monoisotopic (exact) mass is 358 g/mol. The molecule has 140 valence electrons. The number of hydrogen-bond acceptors (Lipinski definition) is 4. The number of rotatable bonds is 5. The van der Waals surface area contributed by atoms with E-state index in [2.05, 4.69) is 9.97 Å². The van der Waals surface area contributed by atoms with Crippen LogP contribution in [0.15, 0.2) is 12.3 Å². The van der Waals surface area contributed by atoms with E-state index >= 15 is 0 Å². The fraction of sp³-hybridized carbons (Fsp3) is 0.706. The summed E-state index contributed by atoms with van der Waals surface area (Å²) in [5.41, 5.74) is 0.159. The van der Waals surface area contributed by atoms with Gasteiger partial charge in [-0.2, -0.15) is 13.2 Å². The Kier molecular flexibility index (Phi) is 5.58. The van der Waals surface area contributed by atoms with Crippen molar-refractivity contribution in [2.75, 3.05) is 25.0 Å². The van der Waals surface area contributed by atoms with Gasteiger partial charge in [-0.1, -0.05) is 0 Å². The summed E-state index contributed by atoms with van der Waals surface area (Å²) < 4.78 is 37.1. The Labute approximate surface area is 146 Å². The Bertz CT molecular complexity index is 613. The third-order valence-electron chi connectivity index (χ3n) is 4.25. The van der Waals surface area contributed by atoms with Crippen LogP contribution >= 0.6 is 0 Å². The molecule has 1 aromatic heterocycles. The van der Waals surface area contributed by atoms with Gasteiger partial charge in [-0.05, 0) is 33.3 Å². The summed E-state index contributed by atoms with van der Waals surface area (Å²) in [5.74, 6) is 0.672. The van der Waals surface area contributed by atoms with Gasteiger partial charge in [0, 0.05) is 56.3 Å². The zero-order valence-corrected chi connectivity index (χ0v) is 15.1. The highest BCUT2D eigenvalue weighted by molar-refractivity contribution is 5.79. The number of carbonyl (C=O) groups is 1. The number of amides is 1. The SMILES string of the molecule is CN(C[C@H]1CC(=O)N(C(C)(C)C)C1)c1nccc(CCC(F)(F)F)n1. The first-order valence-electron chi connectivity index (χ1n) is 8.36. The van der Waals surface area contributed by atoms with E-state index in [-0.39, 0.29) is 23.8 Å². The lowest BCUT2D eigenvalue weighted by Crippen LogP contribution is -2.42. The minimum absolute atomic E-state index is 0.130. The zero-order chi connectivity index (χ0) is 18.8. The van der Waals surface area contributed by atoms with Crippen LogP contribution in [0.2, 0.25) is 0 Å². The number of aryl methyl sites for hydroxylation is 1. The van der Waals surface area contributed by atoms with E-state index in [0.717, 1.165) is 0 Å². The Morgan fingerprint density at radius 2 is 2.00 bits per heavy atom. The molecule has 1 amide bonds. The van der Waals surface area contributed by atoms with Gasteiger partial charge in [0.2, 0.25) is 11.9 Å². The van der Waals surface area contributed by atoms with Crippen molar-refractivity contribution in [1.29, 1.82) is 0 Å². The lowest BCUT2D eigenvalue weighted by atomic mass is 10.1. The third-order valence-corrected chi connectivity index (χ3v) is 4.25. The molecule has 1 aromatic rings. The first kappa shape index (κ1) is 19.5. The minimum Gasteiger partial charge on any atom is -0.344 e. The van der Waals surface area contributed by atoms with Gasteiger partial charge in [-0.15, -0.1) is 0 Å². The first-order chi connectivity index (χ1) is 11.5. The maximum atomic E-state index is 12.4. The van der Waals surface area contributed by atoms with E-state index in [9.17, 15) is 18.0 Å². The highest BCUT2D eigenvalue weighted by atomic mass is 19.4. The number of likely N-dealkylation sites (tertiary alicyclic amines) is 1. The lowest BCUT2D eigenvalue weighted by molar-refractivity contribution is -0.134. The summed E-state index contributed by atoms with van der Waals surface area (Å²) in [6.07, 6.45) is -3.31. The molecule has 1 fully saturated rings. The summed E-state index contributed by atoms with van der Waals surface area (Å²) >= 11 is 0. The molecule has 0 spiro atoms. The van der Waals surface area contributed by atoms with Crippen LogP contribution in [-0.4, -0.2) is 52.6 Å². The topological polar surface area (TPSA) is 49.3 Å². The van der Waals surface area contributed by atoms with Crippen molar-refractivity contribution < 1.29 is 18.0 Å². The van der Waals surface area contributed by atoms with Crippen molar-refractivity contribution in [3.8, 4) is 0 Å². The van der Waals surface area contributed by atoms with Crippen LogP contribution in [0, 0.1) is 5.92 Å². The molecule has 0 radical (unpaired) electrons. The Balaban J connectivity index is 1.97. The highest BCUT2D eigenvalue weighted by Crippen LogP contribution is 2.27. The maximum Gasteiger partial charge on any atom is 0.389 e. The molecule has 1 aliphatic heterocycles. The van der Waals surface area contributed by atoms with Gasteiger partial charge < -0.3 is 9.80 Å². The molecule has 1 atom stereocenters. The number of aromatic nitrogens is 2. The zero-order valence-electron chi connectivity index (χ0n) is 15.1. The molecule has 0 saturated carbocycles. The minimum atomic E-state index is -4.20. The van der Waals surface area contributed by atoms with Crippen molar-refractivity contribution in [2.45, 2.75) is 51.7 Å². The molecule has 8 heteroatoms. The van der Waals surface area contributed by atoms with Crippen LogP contribution in [0.5, 0.6) is 0 Å². The molecule has 1 aliphatic rings. The first-order valence-corrected chi connectivity index (χ1v) is 8.36. The lowest BCUT2D eigenvalue weighted by Gasteiger charge is -2.32. The van der Waals surface area contributed by atoms with Gasteiger partial charge in [-0.3, -0.25) is 4.79 Å². The van der Waals surface area contributed by atoms with Gasteiger partial charge >= 0.3 is 6.18 Å². The Hall–Kier alpha value is -1.86. The second-order valence-electron chi connectivity index (χ2n) is 7.59. The van der Waals surface area contributed by atoms with Crippen molar-refractivity contribution >= 4 is 11.9 Å².